The van der Waals surface area contributed by atoms with Crippen molar-refractivity contribution in [3.63, 3.8) is 0 Å². The van der Waals surface area contributed by atoms with Gasteiger partial charge in [-0.05, 0) is 25.7 Å². The van der Waals surface area contributed by atoms with Gasteiger partial charge in [0, 0.05) is 19.1 Å². The van der Waals surface area contributed by atoms with Crippen LogP contribution in [0.1, 0.15) is 40.0 Å². The van der Waals surface area contributed by atoms with Crippen molar-refractivity contribution in [1.82, 2.24) is 0 Å². The molecule has 2 N–H and O–H groups in total. The van der Waals surface area contributed by atoms with Crippen LogP contribution in [0.25, 0.3) is 0 Å². The third-order valence-electron chi connectivity index (χ3n) is 2.30. The third-order valence-corrected chi connectivity index (χ3v) is 2.30. The van der Waals surface area contributed by atoms with E-state index in [9.17, 15) is 0 Å². The van der Waals surface area contributed by atoms with Gasteiger partial charge in [0.2, 0.25) is 0 Å². The average molecular weight is 197 g/mol. The minimum Gasteiger partial charge on any atom is -0.377 e. The molecule has 0 saturated carbocycles. The van der Waals surface area contributed by atoms with Crippen LogP contribution in [0.4, 0.5) is 0 Å². The van der Waals surface area contributed by atoms with Gasteiger partial charge in [0.25, 0.3) is 0 Å². The Hall–Kier alpha value is -0.520. The molecule has 0 amide bonds. The van der Waals surface area contributed by atoms with E-state index in [0.717, 1.165) is 25.9 Å². The molecule has 0 spiro atoms. The van der Waals surface area contributed by atoms with Crippen molar-refractivity contribution in [1.29, 1.82) is 0 Å². The molecule has 0 aromatic heterocycles. The molecule has 0 aromatic rings. The molecule has 0 aromatic carbocycles. The molecule has 2 unspecified atom stereocenters. The topological polar surface area (TPSA) is 35.2 Å². The smallest absolute Gasteiger partial charge is 0.0748 e. The van der Waals surface area contributed by atoms with E-state index in [1.165, 1.54) is 0 Å². The highest BCUT2D eigenvalue weighted by Crippen LogP contribution is 2.14. The van der Waals surface area contributed by atoms with E-state index in [-0.39, 0.29) is 12.1 Å². The van der Waals surface area contributed by atoms with Crippen LogP contribution in [0, 0.1) is 18.3 Å². The third kappa shape index (κ3) is 5.26. The lowest BCUT2D eigenvalue weighted by atomic mass is 9.96. The quantitative estimate of drug-likeness (QED) is 0.501. The summed E-state index contributed by atoms with van der Waals surface area (Å²) in [4.78, 5) is 0. The number of unbranched alkanes of at least 4 members (excludes halogenated alkanes) is 1. The number of hydrogen-bond acceptors (Lipinski definition) is 2. The standard InChI is InChI=1S/C12H23NO/c1-5-7-8-9-11(13)12(10(3)4)14-6-2/h1,10-12H,6-9,13H2,2-4H3. The molecule has 2 heteroatoms. The van der Waals surface area contributed by atoms with Crippen LogP contribution in [0.5, 0.6) is 0 Å². The highest BCUT2D eigenvalue weighted by atomic mass is 16.5. The van der Waals surface area contributed by atoms with E-state index >= 15 is 0 Å². The number of hydrogen-bond donors (Lipinski definition) is 1. The molecule has 0 saturated heterocycles. The summed E-state index contributed by atoms with van der Waals surface area (Å²) in [6, 6.07) is 0.114. The number of rotatable bonds is 7. The lowest BCUT2D eigenvalue weighted by Crippen LogP contribution is -2.40. The highest BCUT2D eigenvalue weighted by molar-refractivity contribution is 4.85. The summed E-state index contributed by atoms with van der Waals surface area (Å²) in [7, 11) is 0. The summed E-state index contributed by atoms with van der Waals surface area (Å²) < 4.78 is 5.62. The maximum absolute atomic E-state index is 6.05. The van der Waals surface area contributed by atoms with Crippen molar-refractivity contribution in [3.05, 3.63) is 0 Å². The van der Waals surface area contributed by atoms with Crippen molar-refractivity contribution in [2.24, 2.45) is 11.7 Å². The first-order valence-corrected chi connectivity index (χ1v) is 5.44. The summed E-state index contributed by atoms with van der Waals surface area (Å²) in [6.45, 7) is 7.01. The monoisotopic (exact) mass is 197 g/mol. The SMILES string of the molecule is C#CCCCC(N)C(OCC)C(C)C. The van der Waals surface area contributed by atoms with Gasteiger partial charge in [0.1, 0.15) is 0 Å². The summed E-state index contributed by atoms with van der Waals surface area (Å²) in [5, 5.41) is 0. The Balaban J connectivity index is 3.89. The molecular formula is C12H23NO. The van der Waals surface area contributed by atoms with E-state index in [1.807, 2.05) is 6.92 Å². The molecule has 0 aliphatic heterocycles. The van der Waals surface area contributed by atoms with Crippen molar-refractivity contribution < 1.29 is 4.74 Å². The molecule has 2 nitrogen and oxygen atoms in total. The second-order valence-electron chi connectivity index (χ2n) is 3.92. The minimum atomic E-state index is 0.114. The maximum Gasteiger partial charge on any atom is 0.0748 e. The van der Waals surface area contributed by atoms with Gasteiger partial charge < -0.3 is 10.5 Å². The largest absolute Gasteiger partial charge is 0.377 e. The summed E-state index contributed by atoms with van der Waals surface area (Å²) >= 11 is 0. The van der Waals surface area contributed by atoms with Crippen molar-refractivity contribution in [3.8, 4) is 12.3 Å². The van der Waals surface area contributed by atoms with Crippen LogP contribution in [0.3, 0.4) is 0 Å². The second kappa shape index (κ2) is 7.84. The van der Waals surface area contributed by atoms with E-state index in [1.54, 1.807) is 0 Å². The molecular weight excluding hydrogens is 174 g/mol. The van der Waals surface area contributed by atoms with Crippen LogP contribution < -0.4 is 5.73 Å². The van der Waals surface area contributed by atoms with E-state index < -0.39 is 0 Å². The molecule has 82 valence electrons. The van der Waals surface area contributed by atoms with Gasteiger partial charge in [-0.3, -0.25) is 0 Å². The molecule has 14 heavy (non-hydrogen) atoms. The fourth-order valence-electron chi connectivity index (χ4n) is 1.61. The van der Waals surface area contributed by atoms with Gasteiger partial charge in [-0.2, -0.15) is 0 Å². The van der Waals surface area contributed by atoms with E-state index in [4.69, 9.17) is 16.9 Å². The first-order chi connectivity index (χ1) is 6.63. The molecule has 0 fully saturated rings. The Kier molecular flexibility index (Phi) is 7.55. The van der Waals surface area contributed by atoms with Gasteiger partial charge in [-0.25, -0.2) is 0 Å². The Morgan fingerprint density at radius 1 is 1.43 bits per heavy atom. The molecule has 0 aliphatic rings. The Labute approximate surface area is 88.2 Å². The zero-order chi connectivity index (χ0) is 11.0. The number of ether oxygens (including phenoxy) is 1. The van der Waals surface area contributed by atoms with Crippen molar-refractivity contribution in [2.45, 2.75) is 52.2 Å². The molecule has 0 aliphatic carbocycles. The molecule has 0 bridgehead atoms. The first-order valence-electron chi connectivity index (χ1n) is 5.44. The summed E-state index contributed by atoms with van der Waals surface area (Å²) in [5.74, 6) is 3.10. The molecule has 2 atom stereocenters. The predicted molar refractivity (Wildman–Crippen MR) is 60.9 cm³/mol. The van der Waals surface area contributed by atoms with Gasteiger partial charge in [-0.1, -0.05) is 13.8 Å². The Morgan fingerprint density at radius 2 is 2.07 bits per heavy atom. The fourth-order valence-corrected chi connectivity index (χ4v) is 1.61. The van der Waals surface area contributed by atoms with Gasteiger partial charge in [0.15, 0.2) is 0 Å². The van der Waals surface area contributed by atoms with Crippen molar-refractivity contribution in [2.75, 3.05) is 6.61 Å². The number of nitrogens with two attached hydrogens (primary N) is 1. The first kappa shape index (κ1) is 13.5. The van der Waals surface area contributed by atoms with Crippen LogP contribution in [-0.2, 0) is 4.74 Å². The van der Waals surface area contributed by atoms with E-state index in [2.05, 4.69) is 19.8 Å². The van der Waals surface area contributed by atoms with Gasteiger partial charge in [0.05, 0.1) is 6.10 Å². The normalized spacial score (nSPS) is 15.1. The number of terminal acetylenes is 1. The minimum absolute atomic E-state index is 0.114. The van der Waals surface area contributed by atoms with Gasteiger partial charge >= 0.3 is 0 Å². The Morgan fingerprint density at radius 3 is 2.50 bits per heavy atom. The van der Waals surface area contributed by atoms with Crippen molar-refractivity contribution >= 4 is 0 Å². The zero-order valence-electron chi connectivity index (χ0n) is 9.62. The second-order valence-corrected chi connectivity index (χ2v) is 3.92. The average Bonchev–Trinajstić information content (AvgIpc) is 2.13. The molecule has 0 rings (SSSR count). The van der Waals surface area contributed by atoms with Crippen LogP contribution in [0.2, 0.25) is 0 Å². The lowest BCUT2D eigenvalue weighted by Gasteiger charge is -2.27. The highest BCUT2D eigenvalue weighted by Gasteiger charge is 2.20. The molecule has 0 heterocycles. The maximum atomic E-state index is 6.05. The van der Waals surface area contributed by atoms with Gasteiger partial charge in [-0.15, -0.1) is 12.3 Å². The predicted octanol–water partition coefficient (Wildman–Crippen LogP) is 2.18. The van der Waals surface area contributed by atoms with Crippen LogP contribution in [0.15, 0.2) is 0 Å². The fraction of sp³-hybridized carbons (Fsp3) is 0.833. The molecule has 0 radical (unpaired) electrons. The summed E-state index contributed by atoms with van der Waals surface area (Å²) in [5.41, 5.74) is 6.05. The lowest BCUT2D eigenvalue weighted by molar-refractivity contribution is 0.0106. The zero-order valence-corrected chi connectivity index (χ0v) is 9.62. The van der Waals surface area contributed by atoms with Crippen LogP contribution >= 0.6 is 0 Å². The Bertz CT molecular complexity index is 172. The summed E-state index contributed by atoms with van der Waals surface area (Å²) in [6.07, 6.45) is 8.11. The van der Waals surface area contributed by atoms with Crippen LogP contribution in [-0.4, -0.2) is 18.8 Å². The van der Waals surface area contributed by atoms with E-state index in [0.29, 0.717) is 5.92 Å².